The molecule has 1 amide bonds. The predicted octanol–water partition coefficient (Wildman–Crippen LogP) is 3.54. The van der Waals surface area contributed by atoms with Crippen LogP contribution in [0.2, 0.25) is 0 Å². The highest BCUT2D eigenvalue weighted by Gasteiger charge is 2.09. The Morgan fingerprint density at radius 3 is 2.72 bits per heavy atom. The fourth-order valence-electron chi connectivity index (χ4n) is 1.42. The van der Waals surface area contributed by atoms with Crippen molar-refractivity contribution in [3.05, 3.63) is 58.1 Å². The number of aryl methyl sites for hydroxylation is 1. The van der Waals surface area contributed by atoms with Gasteiger partial charge in [-0.05, 0) is 52.7 Å². The first-order chi connectivity index (χ1) is 8.56. The summed E-state index contributed by atoms with van der Waals surface area (Å²) in [7, 11) is 0. The van der Waals surface area contributed by atoms with E-state index < -0.39 is 5.82 Å². The third kappa shape index (κ3) is 2.92. The molecular weight excluding hydrogens is 299 g/mol. The van der Waals surface area contributed by atoms with Crippen LogP contribution in [0.25, 0.3) is 0 Å². The smallest absolute Gasteiger partial charge is 0.274 e. The van der Waals surface area contributed by atoms with E-state index in [4.69, 9.17) is 0 Å². The van der Waals surface area contributed by atoms with Gasteiger partial charge in [0.15, 0.2) is 0 Å². The molecule has 0 saturated carbocycles. The van der Waals surface area contributed by atoms with E-state index in [1.54, 1.807) is 6.07 Å². The molecule has 5 heteroatoms. The van der Waals surface area contributed by atoms with Gasteiger partial charge in [-0.2, -0.15) is 0 Å². The van der Waals surface area contributed by atoms with Crippen molar-refractivity contribution in [2.45, 2.75) is 6.92 Å². The van der Waals surface area contributed by atoms with E-state index in [0.29, 0.717) is 5.69 Å². The predicted molar refractivity (Wildman–Crippen MR) is 71.0 cm³/mol. The average Bonchev–Trinajstić information content (AvgIpc) is 2.33. The van der Waals surface area contributed by atoms with Gasteiger partial charge >= 0.3 is 0 Å². The van der Waals surface area contributed by atoms with Gasteiger partial charge in [0.25, 0.3) is 5.91 Å². The minimum Gasteiger partial charge on any atom is -0.320 e. The highest BCUT2D eigenvalue weighted by molar-refractivity contribution is 9.10. The number of hydrogen-bond donors (Lipinski definition) is 1. The minimum absolute atomic E-state index is 0.170. The van der Waals surface area contributed by atoms with E-state index in [1.165, 1.54) is 12.1 Å². The molecule has 92 valence electrons. The Hall–Kier alpha value is -1.75. The number of aromatic nitrogens is 1. The van der Waals surface area contributed by atoms with Gasteiger partial charge in [0.2, 0.25) is 0 Å². The molecule has 1 heterocycles. The molecule has 0 saturated heterocycles. The molecule has 2 aromatic rings. The van der Waals surface area contributed by atoms with E-state index in [9.17, 15) is 9.18 Å². The van der Waals surface area contributed by atoms with Crippen molar-refractivity contribution >= 4 is 27.5 Å². The largest absolute Gasteiger partial charge is 0.320 e. The van der Waals surface area contributed by atoms with Gasteiger partial charge in [0, 0.05) is 4.47 Å². The summed E-state index contributed by atoms with van der Waals surface area (Å²) in [6.07, 6.45) is 1.01. The van der Waals surface area contributed by atoms with E-state index in [0.717, 1.165) is 16.2 Å². The molecule has 0 fully saturated rings. The normalized spacial score (nSPS) is 10.2. The summed E-state index contributed by atoms with van der Waals surface area (Å²) < 4.78 is 13.5. The van der Waals surface area contributed by atoms with Gasteiger partial charge in [0.1, 0.15) is 11.5 Å². The maximum absolute atomic E-state index is 12.7. The van der Waals surface area contributed by atoms with Crippen LogP contribution in [-0.4, -0.2) is 10.9 Å². The maximum atomic E-state index is 12.7. The zero-order valence-electron chi connectivity index (χ0n) is 9.58. The second-order valence-corrected chi connectivity index (χ2v) is 4.65. The summed E-state index contributed by atoms with van der Waals surface area (Å²) in [6.45, 7) is 1.96. The van der Waals surface area contributed by atoms with Crippen LogP contribution in [0.3, 0.4) is 0 Å². The van der Waals surface area contributed by atoms with Crippen LogP contribution < -0.4 is 5.32 Å². The third-order valence-electron chi connectivity index (χ3n) is 2.33. The number of hydrogen-bond acceptors (Lipinski definition) is 2. The molecule has 0 unspecified atom stereocenters. The van der Waals surface area contributed by atoms with Crippen molar-refractivity contribution in [1.29, 1.82) is 0 Å². The first-order valence-corrected chi connectivity index (χ1v) is 6.04. The topological polar surface area (TPSA) is 42.0 Å². The van der Waals surface area contributed by atoms with Crippen molar-refractivity contribution in [3.63, 3.8) is 0 Å². The lowest BCUT2D eigenvalue weighted by Crippen LogP contribution is -2.14. The van der Waals surface area contributed by atoms with E-state index in [-0.39, 0.29) is 11.6 Å². The number of halogens is 2. The number of amides is 1. The maximum Gasteiger partial charge on any atom is 0.274 e. The Morgan fingerprint density at radius 1 is 1.33 bits per heavy atom. The molecule has 3 nitrogen and oxygen atoms in total. The Morgan fingerprint density at radius 2 is 2.11 bits per heavy atom. The summed E-state index contributed by atoms with van der Waals surface area (Å²) in [4.78, 5) is 15.6. The van der Waals surface area contributed by atoms with Crippen LogP contribution >= 0.6 is 15.9 Å². The summed E-state index contributed by atoms with van der Waals surface area (Å²) in [5, 5.41) is 2.70. The van der Waals surface area contributed by atoms with Crippen LogP contribution in [0.4, 0.5) is 10.1 Å². The van der Waals surface area contributed by atoms with Crippen molar-refractivity contribution in [3.8, 4) is 0 Å². The van der Waals surface area contributed by atoms with Gasteiger partial charge < -0.3 is 5.32 Å². The molecule has 0 spiro atoms. The van der Waals surface area contributed by atoms with Crippen LogP contribution in [0.1, 0.15) is 16.1 Å². The lowest BCUT2D eigenvalue weighted by atomic mass is 10.2. The highest BCUT2D eigenvalue weighted by atomic mass is 79.9. The molecule has 0 aliphatic heterocycles. The fourth-order valence-corrected chi connectivity index (χ4v) is 2.01. The number of carbonyl (C=O) groups excluding carboxylic acids is 1. The first kappa shape index (κ1) is 12.7. The Labute approximate surface area is 112 Å². The molecule has 1 aromatic carbocycles. The van der Waals surface area contributed by atoms with Crippen molar-refractivity contribution in [2.75, 3.05) is 5.32 Å². The first-order valence-electron chi connectivity index (χ1n) is 5.25. The van der Waals surface area contributed by atoms with Crippen molar-refractivity contribution in [1.82, 2.24) is 4.98 Å². The highest BCUT2D eigenvalue weighted by Crippen LogP contribution is 2.23. The molecule has 1 N–H and O–H groups in total. The Balaban J connectivity index is 2.18. The molecule has 1 aromatic heterocycles. The van der Waals surface area contributed by atoms with E-state index >= 15 is 0 Å². The van der Waals surface area contributed by atoms with Gasteiger partial charge in [-0.1, -0.05) is 6.07 Å². The fraction of sp³-hybridized carbons (Fsp3) is 0.0769. The van der Waals surface area contributed by atoms with Crippen LogP contribution in [0.15, 0.2) is 41.0 Å². The van der Waals surface area contributed by atoms with Crippen molar-refractivity contribution in [2.24, 2.45) is 0 Å². The summed E-state index contributed by atoms with van der Waals surface area (Å²) >= 11 is 3.36. The van der Waals surface area contributed by atoms with Crippen LogP contribution in [0, 0.1) is 12.7 Å². The molecule has 0 aliphatic carbocycles. The van der Waals surface area contributed by atoms with Gasteiger partial charge in [-0.3, -0.25) is 4.79 Å². The number of carbonyl (C=O) groups is 1. The summed E-state index contributed by atoms with van der Waals surface area (Å²) in [5.41, 5.74) is 1.90. The van der Waals surface area contributed by atoms with Crippen LogP contribution in [-0.2, 0) is 0 Å². The van der Waals surface area contributed by atoms with Crippen molar-refractivity contribution < 1.29 is 9.18 Å². The van der Waals surface area contributed by atoms with Gasteiger partial charge in [-0.25, -0.2) is 9.37 Å². The zero-order valence-corrected chi connectivity index (χ0v) is 11.2. The number of rotatable bonds is 2. The lowest BCUT2D eigenvalue weighted by molar-refractivity contribution is 0.102. The van der Waals surface area contributed by atoms with Gasteiger partial charge in [0.05, 0.1) is 11.9 Å². The average molecular weight is 309 g/mol. The second-order valence-electron chi connectivity index (χ2n) is 3.80. The molecular formula is C13H10BrFN2O. The summed E-state index contributed by atoms with van der Waals surface area (Å²) in [5.74, 6) is -0.845. The minimum atomic E-state index is -0.469. The standard InChI is InChI=1S/C13H10BrFN2O/c1-8-2-4-11(10(14)6-8)17-13(18)12-5-3-9(15)7-16-12/h2-7H,1H3,(H,17,18). The molecule has 0 atom stereocenters. The molecule has 0 aliphatic rings. The monoisotopic (exact) mass is 308 g/mol. The molecule has 0 radical (unpaired) electrons. The number of anilines is 1. The van der Waals surface area contributed by atoms with Gasteiger partial charge in [-0.15, -0.1) is 0 Å². The number of nitrogens with zero attached hydrogens (tertiary/aromatic N) is 1. The number of benzene rings is 1. The Kier molecular flexibility index (Phi) is 3.72. The second kappa shape index (κ2) is 5.27. The number of pyridine rings is 1. The lowest BCUT2D eigenvalue weighted by Gasteiger charge is -2.07. The molecule has 2 rings (SSSR count). The zero-order chi connectivity index (χ0) is 13.1. The summed E-state index contributed by atoms with van der Waals surface area (Å²) in [6, 6.07) is 8.12. The quantitative estimate of drug-likeness (QED) is 0.922. The SMILES string of the molecule is Cc1ccc(NC(=O)c2ccc(F)cn2)c(Br)c1. The van der Waals surface area contributed by atoms with Crippen LogP contribution in [0.5, 0.6) is 0 Å². The van der Waals surface area contributed by atoms with E-state index in [1.807, 2.05) is 19.1 Å². The molecule has 18 heavy (non-hydrogen) atoms. The third-order valence-corrected chi connectivity index (χ3v) is 2.99. The Bertz CT molecular complexity index is 584. The van der Waals surface area contributed by atoms with E-state index in [2.05, 4.69) is 26.2 Å². The number of nitrogens with one attached hydrogen (secondary N) is 1. The molecule has 0 bridgehead atoms.